The third-order valence-corrected chi connectivity index (χ3v) is 2.57. The molecule has 2 aromatic rings. The SMILES string of the molecule is CC(=O)c1ccc(-c2ccc(C)cc2[N+](=O)[O-])o1. The van der Waals surface area contributed by atoms with Gasteiger partial charge in [0.25, 0.3) is 5.69 Å². The van der Waals surface area contributed by atoms with Gasteiger partial charge >= 0.3 is 0 Å². The highest BCUT2D eigenvalue weighted by Crippen LogP contribution is 2.31. The number of nitro groups is 1. The molecule has 0 radical (unpaired) electrons. The summed E-state index contributed by atoms with van der Waals surface area (Å²) in [6, 6.07) is 7.94. The van der Waals surface area contributed by atoms with Crippen LogP contribution in [0, 0.1) is 17.0 Å². The van der Waals surface area contributed by atoms with E-state index in [4.69, 9.17) is 4.42 Å². The van der Waals surface area contributed by atoms with E-state index in [-0.39, 0.29) is 17.2 Å². The van der Waals surface area contributed by atoms with E-state index in [1.807, 2.05) is 0 Å². The Morgan fingerprint density at radius 2 is 2.00 bits per heavy atom. The monoisotopic (exact) mass is 245 g/mol. The fourth-order valence-electron chi connectivity index (χ4n) is 1.67. The highest BCUT2D eigenvalue weighted by Gasteiger charge is 2.18. The van der Waals surface area contributed by atoms with Crippen molar-refractivity contribution in [2.75, 3.05) is 0 Å². The average molecular weight is 245 g/mol. The normalized spacial score (nSPS) is 10.3. The number of rotatable bonds is 3. The van der Waals surface area contributed by atoms with Gasteiger partial charge in [0.15, 0.2) is 11.5 Å². The lowest BCUT2D eigenvalue weighted by molar-refractivity contribution is -0.384. The summed E-state index contributed by atoms with van der Waals surface area (Å²) in [7, 11) is 0. The maximum absolute atomic E-state index is 11.1. The molecule has 1 aromatic carbocycles. The Labute approximate surface area is 103 Å². The molecular formula is C13H11NO4. The first kappa shape index (κ1) is 12.0. The molecule has 1 aromatic heterocycles. The Morgan fingerprint density at radius 3 is 2.56 bits per heavy atom. The zero-order valence-corrected chi connectivity index (χ0v) is 9.97. The zero-order chi connectivity index (χ0) is 13.3. The fraction of sp³-hybridized carbons (Fsp3) is 0.154. The number of aryl methyl sites for hydroxylation is 1. The van der Waals surface area contributed by atoms with Crippen molar-refractivity contribution in [3.05, 3.63) is 51.8 Å². The average Bonchev–Trinajstić information content (AvgIpc) is 2.78. The molecule has 18 heavy (non-hydrogen) atoms. The van der Waals surface area contributed by atoms with Gasteiger partial charge in [-0.25, -0.2) is 0 Å². The number of Topliss-reactive ketones (excluding diaryl/α,β-unsaturated/α-hetero) is 1. The second kappa shape index (κ2) is 4.44. The van der Waals surface area contributed by atoms with Gasteiger partial charge in [-0.15, -0.1) is 0 Å². The molecule has 0 bridgehead atoms. The molecule has 2 rings (SSSR count). The predicted molar refractivity (Wildman–Crippen MR) is 65.5 cm³/mol. The first-order chi connectivity index (χ1) is 8.49. The third-order valence-electron chi connectivity index (χ3n) is 2.57. The molecule has 5 heteroatoms. The summed E-state index contributed by atoms with van der Waals surface area (Å²) in [5.74, 6) is 0.308. The molecule has 5 nitrogen and oxygen atoms in total. The van der Waals surface area contributed by atoms with Gasteiger partial charge in [-0.1, -0.05) is 6.07 Å². The predicted octanol–water partition coefficient (Wildman–Crippen LogP) is 3.37. The molecule has 0 fully saturated rings. The minimum atomic E-state index is -0.460. The summed E-state index contributed by atoms with van der Waals surface area (Å²) < 4.78 is 5.31. The second-order valence-electron chi connectivity index (χ2n) is 4.00. The molecule has 0 unspecified atom stereocenters. The fourth-order valence-corrected chi connectivity index (χ4v) is 1.67. The van der Waals surface area contributed by atoms with Gasteiger partial charge in [-0.3, -0.25) is 14.9 Å². The highest BCUT2D eigenvalue weighted by molar-refractivity contribution is 5.92. The molecule has 1 heterocycles. The largest absolute Gasteiger partial charge is 0.453 e. The Hall–Kier alpha value is -2.43. The van der Waals surface area contributed by atoms with Crippen LogP contribution < -0.4 is 0 Å². The second-order valence-corrected chi connectivity index (χ2v) is 4.00. The van der Waals surface area contributed by atoms with Gasteiger partial charge in [-0.05, 0) is 30.7 Å². The maximum Gasteiger partial charge on any atom is 0.280 e. The van der Waals surface area contributed by atoms with Crippen molar-refractivity contribution >= 4 is 11.5 Å². The number of carbonyl (C=O) groups is 1. The molecular weight excluding hydrogens is 234 g/mol. The van der Waals surface area contributed by atoms with Crippen molar-refractivity contribution < 1.29 is 14.1 Å². The standard InChI is InChI=1S/C13H11NO4/c1-8-3-4-10(11(7-8)14(16)17)13-6-5-12(18-13)9(2)15/h3-7H,1-2H3. The van der Waals surface area contributed by atoms with Gasteiger partial charge in [0.2, 0.25) is 0 Å². The maximum atomic E-state index is 11.1. The number of nitro benzene ring substituents is 1. The molecule has 0 N–H and O–H groups in total. The van der Waals surface area contributed by atoms with Crippen molar-refractivity contribution in [2.24, 2.45) is 0 Å². The van der Waals surface area contributed by atoms with Crippen LogP contribution in [-0.4, -0.2) is 10.7 Å². The van der Waals surface area contributed by atoms with E-state index in [9.17, 15) is 14.9 Å². The zero-order valence-electron chi connectivity index (χ0n) is 9.97. The van der Waals surface area contributed by atoms with Crippen molar-refractivity contribution in [1.29, 1.82) is 0 Å². The van der Waals surface area contributed by atoms with Crippen molar-refractivity contribution in [2.45, 2.75) is 13.8 Å². The number of carbonyl (C=O) groups excluding carboxylic acids is 1. The molecule has 0 aliphatic carbocycles. The Balaban J connectivity index is 2.55. The highest BCUT2D eigenvalue weighted by atomic mass is 16.6. The molecule has 92 valence electrons. The smallest absolute Gasteiger partial charge is 0.280 e. The van der Waals surface area contributed by atoms with E-state index in [0.29, 0.717) is 11.3 Å². The Morgan fingerprint density at radius 1 is 1.28 bits per heavy atom. The van der Waals surface area contributed by atoms with Gasteiger partial charge < -0.3 is 4.42 Å². The molecule has 0 amide bonds. The molecule has 0 aliphatic heterocycles. The van der Waals surface area contributed by atoms with Gasteiger partial charge in [0, 0.05) is 13.0 Å². The van der Waals surface area contributed by atoms with E-state index < -0.39 is 4.92 Å². The van der Waals surface area contributed by atoms with E-state index in [0.717, 1.165) is 5.56 Å². The van der Waals surface area contributed by atoms with Gasteiger partial charge in [-0.2, -0.15) is 0 Å². The third kappa shape index (κ3) is 2.15. The minimum absolute atomic E-state index is 0.0283. The van der Waals surface area contributed by atoms with Crippen LogP contribution in [0.15, 0.2) is 34.7 Å². The molecule has 0 atom stereocenters. The molecule has 0 spiro atoms. The summed E-state index contributed by atoms with van der Waals surface area (Å²) in [4.78, 5) is 21.7. The first-order valence-corrected chi connectivity index (χ1v) is 5.35. The summed E-state index contributed by atoms with van der Waals surface area (Å²) in [5, 5.41) is 11.0. The van der Waals surface area contributed by atoms with Gasteiger partial charge in [0.05, 0.1) is 10.5 Å². The van der Waals surface area contributed by atoms with Crippen LogP contribution in [0.5, 0.6) is 0 Å². The lowest BCUT2D eigenvalue weighted by atomic mass is 10.1. The Kier molecular flexibility index (Phi) is 2.97. The van der Waals surface area contributed by atoms with Crippen molar-refractivity contribution in [1.82, 2.24) is 0 Å². The van der Waals surface area contributed by atoms with Crippen LogP contribution in [0.1, 0.15) is 23.0 Å². The van der Waals surface area contributed by atoms with Crippen LogP contribution in [-0.2, 0) is 0 Å². The number of ketones is 1. The van der Waals surface area contributed by atoms with Crippen molar-refractivity contribution in [3.8, 4) is 11.3 Å². The number of hydrogen-bond donors (Lipinski definition) is 0. The number of hydrogen-bond acceptors (Lipinski definition) is 4. The van der Waals surface area contributed by atoms with Gasteiger partial charge in [0.1, 0.15) is 5.76 Å². The minimum Gasteiger partial charge on any atom is -0.453 e. The van der Waals surface area contributed by atoms with Crippen LogP contribution in [0.4, 0.5) is 5.69 Å². The molecule has 0 saturated heterocycles. The summed E-state index contributed by atoms with van der Waals surface area (Å²) in [6.45, 7) is 3.16. The summed E-state index contributed by atoms with van der Waals surface area (Å²) in [5.41, 5.74) is 1.14. The van der Waals surface area contributed by atoms with Crippen LogP contribution >= 0.6 is 0 Å². The van der Waals surface area contributed by atoms with E-state index in [1.54, 1.807) is 25.1 Å². The molecule has 0 aliphatic rings. The number of benzene rings is 1. The lowest BCUT2D eigenvalue weighted by Crippen LogP contribution is -1.92. The summed E-state index contributed by atoms with van der Waals surface area (Å²) >= 11 is 0. The van der Waals surface area contributed by atoms with Crippen LogP contribution in [0.2, 0.25) is 0 Å². The summed E-state index contributed by atoms with van der Waals surface area (Å²) in [6.07, 6.45) is 0. The van der Waals surface area contributed by atoms with E-state index >= 15 is 0 Å². The quantitative estimate of drug-likeness (QED) is 0.472. The lowest BCUT2D eigenvalue weighted by Gasteiger charge is -2.01. The Bertz CT molecular complexity index is 628. The number of furan rings is 1. The first-order valence-electron chi connectivity index (χ1n) is 5.35. The van der Waals surface area contributed by atoms with E-state index in [1.165, 1.54) is 19.1 Å². The number of nitrogens with zero attached hydrogens (tertiary/aromatic N) is 1. The van der Waals surface area contributed by atoms with Crippen LogP contribution in [0.3, 0.4) is 0 Å². The topological polar surface area (TPSA) is 73.3 Å². The van der Waals surface area contributed by atoms with Crippen LogP contribution in [0.25, 0.3) is 11.3 Å². The van der Waals surface area contributed by atoms with Crippen molar-refractivity contribution in [3.63, 3.8) is 0 Å². The van der Waals surface area contributed by atoms with E-state index in [2.05, 4.69) is 0 Å². The molecule has 0 saturated carbocycles.